The maximum absolute atomic E-state index is 9.40. The number of ether oxygens (including phenoxy) is 1. The van der Waals surface area contributed by atoms with Crippen molar-refractivity contribution in [2.24, 2.45) is 0 Å². The molecule has 0 saturated carbocycles. The first-order chi connectivity index (χ1) is 4.81. The zero-order chi connectivity index (χ0) is 9.12. The summed E-state index contributed by atoms with van der Waals surface area (Å²) >= 11 is 0. The quantitative estimate of drug-likeness (QED) is 0.489. The summed E-state index contributed by atoms with van der Waals surface area (Å²) in [5.41, 5.74) is -1.33. The van der Waals surface area contributed by atoms with Crippen LogP contribution in [0, 0.1) is 0 Å². The second kappa shape index (κ2) is 3.49. The van der Waals surface area contributed by atoms with Crippen LogP contribution in [0.2, 0.25) is 0 Å². The molecule has 3 N–H and O–H groups in total. The highest BCUT2D eigenvalue weighted by Crippen LogP contribution is 2.21. The van der Waals surface area contributed by atoms with Gasteiger partial charge in [-0.2, -0.15) is 0 Å². The molecule has 0 aliphatic heterocycles. The van der Waals surface area contributed by atoms with E-state index >= 15 is 0 Å². The first kappa shape index (κ1) is 10.8. The summed E-state index contributed by atoms with van der Waals surface area (Å²) in [5, 5.41) is 27.1. The largest absolute Gasteiger partial charge is 0.394 e. The lowest BCUT2D eigenvalue weighted by Gasteiger charge is -2.34. The standard InChI is InChI=1S/C7H16O4/c1-6(2,9)7(3,10)11-5-4-8/h8-10H,4-5H2,1-3H3. The van der Waals surface area contributed by atoms with Gasteiger partial charge in [0, 0.05) is 0 Å². The van der Waals surface area contributed by atoms with Crippen molar-refractivity contribution in [3.05, 3.63) is 0 Å². The van der Waals surface area contributed by atoms with Gasteiger partial charge in [0.15, 0.2) is 5.79 Å². The molecule has 0 saturated heterocycles. The summed E-state index contributed by atoms with van der Waals surface area (Å²) in [7, 11) is 0. The summed E-state index contributed by atoms with van der Waals surface area (Å²) in [5.74, 6) is -1.62. The Kier molecular flexibility index (Phi) is 3.44. The summed E-state index contributed by atoms with van der Waals surface area (Å²) in [6, 6.07) is 0. The number of hydrogen-bond donors (Lipinski definition) is 3. The first-order valence-electron chi connectivity index (χ1n) is 3.51. The van der Waals surface area contributed by atoms with E-state index in [0.29, 0.717) is 0 Å². The van der Waals surface area contributed by atoms with Crippen LogP contribution >= 0.6 is 0 Å². The third-order valence-electron chi connectivity index (χ3n) is 1.61. The summed E-state index contributed by atoms with van der Waals surface area (Å²) in [6.45, 7) is 4.06. The highest BCUT2D eigenvalue weighted by atomic mass is 16.6. The third kappa shape index (κ3) is 3.16. The molecule has 0 radical (unpaired) electrons. The molecule has 0 heterocycles. The molecule has 0 aromatic rings. The van der Waals surface area contributed by atoms with Gasteiger partial charge in [-0.05, 0) is 20.8 Å². The van der Waals surface area contributed by atoms with Crippen LogP contribution in [0.25, 0.3) is 0 Å². The lowest BCUT2D eigenvalue weighted by Crippen LogP contribution is -2.50. The Morgan fingerprint density at radius 3 is 1.91 bits per heavy atom. The minimum Gasteiger partial charge on any atom is -0.394 e. The van der Waals surface area contributed by atoms with Crippen molar-refractivity contribution in [3.63, 3.8) is 0 Å². The summed E-state index contributed by atoms with van der Waals surface area (Å²) in [6.07, 6.45) is 0. The topological polar surface area (TPSA) is 69.9 Å². The number of aliphatic hydroxyl groups excluding tert-OH is 1. The predicted octanol–water partition coefficient (Wildman–Crippen LogP) is -0.525. The Morgan fingerprint density at radius 1 is 1.18 bits per heavy atom. The number of hydrogen-bond acceptors (Lipinski definition) is 4. The van der Waals surface area contributed by atoms with Gasteiger partial charge in [-0.3, -0.25) is 0 Å². The second-order valence-corrected chi connectivity index (χ2v) is 3.11. The molecule has 1 unspecified atom stereocenters. The maximum Gasteiger partial charge on any atom is 0.191 e. The lowest BCUT2D eigenvalue weighted by molar-refractivity contribution is -0.279. The molecule has 1 atom stereocenters. The molecule has 0 fully saturated rings. The van der Waals surface area contributed by atoms with Crippen molar-refractivity contribution < 1.29 is 20.1 Å². The fourth-order valence-electron chi connectivity index (χ4n) is 0.421. The zero-order valence-corrected chi connectivity index (χ0v) is 7.16. The van der Waals surface area contributed by atoms with Crippen molar-refractivity contribution in [3.8, 4) is 0 Å². The fourth-order valence-corrected chi connectivity index (χ4v) is 0.421. The Balaban J connectivity index is 4.00. The highest BCUT2D eigenvalue weighted by Gasteiger charge is 2.38. The molecule has 68 valence electrons. The molecule has 0 aromatic heterocycles. The van der Waals surface area contributed by atoms with E-state index in [2.05, 4.69) is 0 Å². The van der Waals surface area contributed by atoms with Crippen LogP contribution < -0.4 is 0 Å². The molecule has 0 aliphatic carbocycles. The minimum absolute atomic E-state index is 0.0109. The molecule has 0 spiro atoms. The number of rotatable bonds is 4. The van der Waals surface area contributed by atoms with Crippen LogP contribution in [0.3, 0.4) is 0 Å². The van der Waals surface area contributed by atoms with Crippen molar-refractivity contribution in [1.82, 2.24) is 0 Å². The lowest BCUT2D eigenvalue weighted by atomic mass is 10.00. The van der Waals surface area contributed by atoms with Crippen molar-refractivity contribution in [1.29, 1.82) is 0 Å². The Morgan fingerprint density at radius 2 is 1.64 bits per heavy atom. The van der Waals surface area contributed by atoms with E-state index in [1.165, 1.54) is 20.8 Å². The van der Waals surface area contributed by atoms with Gasteiger partial charge in [0.05, 0.1) is 13.2 Å². The highest BCUT2D eigenvalue weighted by molar-refractivity contribution is 4.80. The molecule has 0 aromatic carbocycles. The minimum atomic E-state index is -1.62. The fraction of sp³-hybridized carbons (Fsp3) is 1.00. The average molecular weight is 164 g/mol. The molecule has 0 bridgehead atoms. The van der Waals surface area contributed by atoms with Crippen molar-refractivity contribution >= 4 is 0 Å². The Bertz CT molecular complexity index is 114. The van der Waals surface area contributed by atoms with Crippen LogP contribution in [0.15, 0.2) is 0 Å². The smallest absolute Gasteiger partial charge is 0.191 e. The van der Waals surface area contributed by atoms with E-state index in [9.17, 15) is 10.2 Å². The molecule has 4 nitrogen and oxygen atoms in total. The Labute approximate surface area is 66.4 Å². The van der Waals surface area contributed by atoms with E-state index in [4.69, 9.17) is 9.84 Å². The van der Waals surface area contributed by atoms with Gasteiger partial charge in [0.25, 0.3) is 0 Å². The molecule has 0 amide bonds. The van der Waals surface area contributed by atoms with E-state index in [-0.39, 0.29) is 13.2 Å². The van der Waals surface area contributed by atoms with Crippen molar-refractivity contribution in [2.75, 3.05) is 13.2 Å². The molecular weight excluding hydrogens is 148 g/mol. The maximum atomic E-state index is 9.40. The van der Waals surface area contributed by atoms with Gasteiger partial charge in [0.1, 0.15) is 5.60 Å². The van der Waals surface area contributed by atoms with Gasteiger partial charge < -0.3 is 20.1 Å². The molecule has 4 heteroatoms. The van der Waals surface area contributed by atoms with E-state index in [1.807, 2.05) is 0 Å². The van der Waals surface area contributed by atoms with Gasteiger partial charge in [-0.25, -0.2) is 0 Å². The molecular formula is C7H16O4. The first-order valence-corrected chi connectivity index (χ1v) is 3.51. The predicted molar refractivity (Wildman–Crippen MR) is 40.0 cm³/mol. The van der Waals surface area contributed by atoms with Crippen LogP contribution in [-0.2, 0) is 4.74 Å². The van der Waals surface area contributed by atoms with Crippen molar-refractivity contribution in [2.45, 2.75) is 32.2 Å². The normalized spacial score (nSPS) is 18.0. The van der Waals surface area contributed by atoms with E-state index in [1.54, 1.807) is 0 Å². The van der Waals surface area contributed by atoms with Gasteiger partial charge in [0.2, 0.25) is 0 Å². The van der Waals surface area contributed by atoms with Gasteiger partial charge in [-0.15, -0.1) is 0 Å². The van der Waals surface area contributed by atoms with Crippen LogP contribution in [-0.4, -0.2) is 39.9 Å². The third-order valence-corrected chi connectivity index (χ3v) is 1.61. The van der Waals surface area contributed by atoms with Crippen LogP contribution in [0.5, 0.6) is 0 Å². The van der Waals surface area contributed by atoms with Gasteiger partial charge in [-0.1, -0.05) is 0 Å². The van der Waals surface area contributed by atoms with Gasteiger partial charge >= 0.3 is 0 Å². The summed E-state index contributed by atoms with van der Waals surface area (Å²) < 4.78 is 4.80. The molecule has 0 rings (SSSR count). The molecule has 11 heavy (non-hydrogen) atoms. The van der Waals surface area contributed by atoms with E-state index in [0.717, 1.165) is 0 Å². The van der Waals surface area contributed by atoms with Crippen LogP contribution in [0.1, 0.15) is 20.8 Å². The van der Waals surface area contributed by atoms with Crippen LogP contribution in [0.4, 0.5) is 0 Å². The molecule has 0 aliphatic rings. The second-order valence-electron chi connectivity index (χ2n) is 3.11. The average Bonchev–Trinajstić information content (AvgIpc) is 1.81. The SMILES string of the molecule is CC(C)(O)C(C)(O)OCCO. The zero-order valence-electron chi connectivity index (χ0n) is 7.16. The number of aliphatic hydroxyl groups is 3. The monoisotopic (exact) mass is 164 g/mol. The Hall–Kier alpha value is -0.160. The van der Waals surface area contributed by atoms with E-state index < -0.39 is 11.4 Å². The summed E-state index contributed by atoms with van der Waals surface area (Å²) in [4.78, 5) is 0.